The van der Waals surface area contributed by atoms with Crippen molar-refractivity contribution in [2.75, 3.05) is 0 Å². The number of pyridine rings is 1. The molecule has 0 saturated carbocycles. The quantitative estimate of drug-likeness (QED) is 0.752. The minimum Gasteiger partial charge on any atom is -0.306 e. The van der Waals surface area contributed by atoms with Crippen LogP contribution in [-0.2, 0) is 0 Å². The van der Waals surface area contributed by atoms with Gasteiger partial charge >= 0.3 is 0 Å². The molecule has 2 aromatic heterocycles. The third-order valence-corrected chi connectivity index (χ3v) is 3.22. The van der Waals surface area contributed by atoms with E-state index in [-0.39, 0.29) is 5.56 Å². The van der Waals surface area contributed by atoms with Crippen LogP contribution < -0.4 is 5.56 Å². The molecule has 0 unspecified atom stereocenters. The number of benzene rings is 1. The first-order chi connectivity index (χ1) is 8.75. The van der Waals surface area contributed by atoms with Crippen molar-refractivity contribution < 1.29 is 0 Å². The van der Waals surface area contributed by atoms with Gasteiger partial charge in [-0.05, 0) is 28.1 Å². The Morgan fingerprint density at radius 1 is 1.11 bits per heavy atom. The standard InChI is InChI=1S/C13H8BrN3O/c14-10-7-16-12(17-13(10)18)9-5-6-15-11-4-2-1-3-8(9)11/h1-7H,(H,16,17,18). The molecule has 0 bridgehead atoms. The molecule has 88 valence electrons. The van der Waals surface area contributed by atoms with Gasteiger partial charge in [-0.15, -0.1) is 0 Å². The number of para-hydroxylation sites is 1. The Labute approximate surface area is 111 Å². The number of aromatic amines is 1. The molecule has 0 aliphatic rings. The molecule has 5 heteroatoms. The number of H-pyrrole nitrogens is 1. The lowest BCUT2D eigenvalue weighted by atomic mass is 10.1. The van der Waals surface area contributed by atoms with Crippen molar-refractivity contribution in [2.24, 2.45) is 0 Å². The van der Waals surface area contributed by atoms with Crippen molar-refractivity contribution in [3.05, 3.63) is 57.6 Å². The summed E-state index contributed by atoms with van der Waals surface area (Å²) in [5.74, 6) is 0.543. The second kappa shape index (κ2) is 4.34. The van der Waals surface area contributed by atoms with Gasteiger partial charge in [0.05, 0.1) is 5.52 Å². The first kappa shape index (κ1) is 11.1. The second-order valence-corrected chi connectivity index (χ2v) is 4.64. The van der Waals surface area contributed by atoms with Gasteiger partial charge in [0.15, 0.2) is 0 Å². The van der Waals surface area contributed by atoms with E-state index in [0.717, 1.165) is 16.5 Å². The number of hydrogen-bond acceptors (Lipinski definition) is 3. The fraction of sp³-hybridized carbons (Fsp3) is 0. The van der Waals surface area contributed by atoms with E-state index < -0.39 is 0 Å². The summed E-state index contributed by atoms with van der Waals surface area (Å²) < 4.78 is 0.421. The van der Waals surface area contributed by atoms with Crippen molar-refractivity contribution >= 4 is 26.8 Å². The highest BCUT2D eigenvalue weighted by molar-refractivity contribution is 9.10. The van der Waals surface area contributed by atoms with Crippen LogP contribution >= 0.6 is 15.9 Å². The summed E-state index contributed by atoms with van der Waals surface area (Å²) in [4.78, 5) is 22.8. The van der Waals surface area contributed by atoms with E-state index in [1.807, 2.05) is 30.3 Å². The molecule has 3 aromatic rings. The van der Waals surface area contributed by atoms with Crippen LogP contribution in [0.3, 0.4) is 0 Å². The Balaban J connectivity index is 2.31. The van der Waals surface area contributed by atoms with Crippen LogP contribution in [0.1, 0.15) is 0 Å². The third kappa shape index (κ3) is 1.82. The predicted molar refractivity (Wildman–Crippen MR) is 73.3 cm³/mol. The normalized spacial score (nSPS) is 10.7. The number of fused-ring (bicyclic) bond motifs is 1. The van der Waals surface area contributed by atoms with Crippen molar-refractivity contribution in [3.8, 4) is 11.4 Å². The summed E-state index contributed by atoms with van der Waals surface area (Å²) in [5.41, 5.74) is 1.55. The van der Waals surface area contributed by atoms with E-state index in [1.165, 1.54) is 6.20 Å². The Morgan fingerprint density at radius 3 is 2.78 bits per heavy atom. The molecular formula is C13H8BrN3O. The maximum atomic E-state index is 11.6. The van der Waals surface area contributed by atoms with Gasteiger partial charge in [0.2, 0.25) is 0 Å². The molecule has 0 atom stereocenters. The van der Waals surface area contributed by atoms with Gasteiger partial charge in [-0.2, -0.15) is 0 Å². The zero-order valence-corrected chi connectivity index (χ0v) is 10.8. The van der Waals surface area contributed by atoms with Gasteiger partial charge in [-0.1, -0.05) is 18.2 Å². The van der Waals surface area contributed by atoms with Gasteiger partial charge in [-0.25, -0.2) is 4.98 Å². The number of rotatable bonds is 1. The topological polar surface area (TPSA) is 58.6 Å². The molecule has 3 rings (SSSR count). The van der Waals surface area contributed by atoms with Gasteiger partial charge in [0.1, 0.15) is 10.3 Å². The highest BCUT2D eigenvalue weighted by atomic mass is 79.9. The minimum absolute atomic E-state index is 0.194. The smallest absolute Gasteiger partial charge is 0.265 e. The predicted octanol–water partition coefficient (Wildman–Crippen LogP) is 2.75. The summed E-state index contributed by atoms with van der Waals surface area (Å²) >= 11 is 3.13. The Bertz CT molecular complexity index is 777. The molecule has 1 N–H and O–H groups in total. The zero-order chi connectivity index (χ0) is 12.5. The number of halogens is 1. The molecule has 0 saturated heterocycles. The molecule has 0 amide bonds. The molecule has 0 spiro atoms. The summed E-state index contributed by atoms with van der Waals surface area (Å²) in [6, 6.07) is 9.59. The van der Waals surface area contributed by atoms with Crippen LogP contribution in [0.5, 0.6) is 0 Å². The van der Waals surface area contributed by atoms with Gasteiger partial charge in [-0.3, -0.25) is 9.78 Å². The average molecular weight is 302 g/mol. The third-order valence-electron chi connectivity index (χ3n) is 2.66. The second-order valence-electron chi connectivity index (χ2n) is 3.78. The Morgan fingerprint density at radius 2 is 1.94 bits per heavy atom. The molecular weight excluding hydrogens is 294 g/mol. The maximum absolute atomic E-state index is 11.6. The highest BCUT2D eigenvalue weighted by Crippen LogP contribution is 2.23. The summed E-state index contributed by atoms with van der Waals surface area (Å²) in [6.07, 6.45) is 3.21. The lowest BCUT2D eigenvalue weighted by Gasteiger charge is -2.04. The summed E-state index contributed by atoms with van der Waals surface area (Å²) in [7, 11) is 0. The molecule has 0 radical (unpaired) electrons. The molecule has 4 nitrogen and oxygen atoms in total. The van der Waals surface area contributed by atoms with Crippen molar-refractivity contribution in [1.82, 2.24) is 15.0 Å². The largest absolute Gasteiger partial charge is 0.306 e. The lowest BCUT2D eigenvalue weighted by molar-refractivity contribution is 1.11. The number of nitrogens with zero attached hydrogens (tertiary/aromatic N) is 2. The zero-order valence-electron chi connectivity index (χ0n) is 9.22. The number of aromatic nitrogens is 3. The van der Waals surface area contributed by atoms with Crippen LogP contribution in [0.15, 0.2) is 52.0 Å². The highest BCUT2D eigenvalue weighted by Gasteiger charge is 2.07. The first-order valence-corrected chi connectivity index (χ1v) is 6.14. The van der Waals surface area contributed by atoms with E-state index in [4.69, 9.17) is 0 Å². The molecule has 1 aromatic carbocycles. The minimum atomic E-state index is -0.194. The van der Waals surface area contributed by atoms with Gasteiger partial charge in [0, 0.05) is 23.3 Å². The molecule has 0 aliphatic carbocycles. The van der Waals surface area contributed by atoms with E-state index in [0.29, 0.717) is 10.3 Å². The molecule has 2 heterocycles. The summed E-state index contributed by atoms with van der Waals surface area (Å²) in [5, 5.41) is 0.963. The lowest BCUT2D eigenvalue weighted by Crippen LogP contribution is -2.09. The van der Waals surface area contributed by atoms with Crippen LogP contribution in [-0.4, -0.2) is 15.0 Å². The average Bonchev–Trinajstić information content (AvgIpc) is 2.41. The molecule has 0 aliphatic heterocycles. The number of nitrogens with one attached hydrogen (secondary N) is 1. The number of hydrogen-bond donors (Lipinski definition) is 1. The van der Waals surface area contributed by atoms with Crippen LogP contribution in [0.2, 0.25) is 0 Å². The van der Waals surface area contributed by atoms with E-state index in [9.17, 15) is 4.79 Å². The van der Waals surface area contributed by atoms with Crippen molar-refractivity contribution in [2.45, 2.75) is 0 Å². The maximum Gasteiger partial charge on any atom is 0.265 e. The molecule has 18 heavy (non-hydrogen) atoms. The van der Waals surface area contributed by atoms with E-state index in [1.54, 1.807) is 6.20 Å². The van der Waals surface area contributed by atoms with Crippen molar-refractivity contribution in [3.63, 3.8) is 0 Å². The first-order valence-electron chi connectivity index (χ1n) is 5.34. The fourth-order valence-corrected chi connectivity index (χ4v) is 2.02. The fourth-order valence-electron chi connectivity index (χ4n) is 1.82. The monoisotopic (exact) mass is 301 g/mol. The van der Waals surface area contributed by atoms with Crippen LogP contribution in [0, 0.1) is 0 Å². The Kier molecular flexibility index (Phi) is 2.68. The van der Waals surface area contributed by atoms with Gasteiger partial charge in [0.25, 0.3) is 5.56 Å². The summed E-state index contributed by atoms with van der Waals surface area (Å²) in [6.45, 7) is 0. The SMILES string of the molecule is O=c1[nH]c(-c2ccnc3ccccc23)ncc1Br. The van der Waals surface area contributed by atoms with E-state index in [2.05, 4.69) is 30.9 Å². The van der Waals surface area contributed by atoms with Crippen LogP contribution in [0.25, 0.3) is 22.3 Å². The van der Waals surface area contributed by atoms with Crippen LogP contribution in [0.4, 0.5) is 0 Å². The molecule has 0 fully saturated rings. The Hall–Kier alpha value is -2.01. The van der Waals surface area contributed by atoms with Crippen molar-refractivity contribution in [1.29, 1.82) is 0 Å². The van der Waals surface area contributed by atoms with E-state index >= 15 is 0 Å². The van der Waals surface area contributed by atoms with Gasteiger partial charge < -0.3 is 4.98 Å².